The largest absolute Gasteiger partial charge is 0.329 e. The average molecular weight is 414 g/mol. The maximum Gasteiger partial charge on any atom is 0.159 e. The second kappa shape index (κ2) is 7.00. The van der Waals surface area contributed by atoms with Crippen LogP contribution in [0.1, 0.15) is 46.1 Å². The van der Waals surface area contributed by atoms with Crippen LogP contribution in [0.15, 0.2) is 53.4 Å². The molecule has 1 saturated carbocycles. The number of hydrogen-bond acceptors (Lipinski definition) is 2. The van der Waals surface area contributed by atoms with Crippen LogP contribution in [0, 0.1) is 17.7 Å². The first-order valence-electron chi connectivity index (χ1n) is 10.4. The second-order valence-corrected chi connectivity index (χ2v) is 15.1. The zero-order valence-corrected chi connectivity index (χ0v) is 19.6. The van der Waals surface area contributed by atoms with Crippen LogP contribution in [0.25, 0.3) is 0 Å². The normalized spacial score (nSPS) is 31.3. The SMILES string of the molecule is CC1C(C)C([Si](C)(NC(C)(C)C)c2ccc(F)cc2)C2Sc3ccccc3C12. The third kappa shape index (κ3) is 3.27. The van der Waals surface area contributed by atoms with Gasteiger partial charge in [0.25, 0.3) is 0 Å². The summed E-state index contributed by atoms with van der Waals surface area (Å²) in [5, 5.41) is 1.92. The molecule has 1 fully saturated rings. The number of benzene rings is 2. The van der Waals surface area contributed by atoms with Crippen LogP contribution in [0.2, 0.25) is 12.1 Å². The molecule has 28 heavy (non-hydrogen) atoms. The molecule has 0 saturated heterocycles. The fourth-order valence-corrected chi connectivity index (χ4v) is 13.9. The van der Waals surface area contributed by atoms with Gasteiger partial charge in [-0.05, 0) is 67.1 Å². The van der Waals surface area contributed by atoms with Crippen molar-refractivity contribution in [2.75, 3.05) is 0 Å². The Bertz CT molecular complexity index is 862. The maximum atomic E-state index is 13.7. The maximum absolute atomic E-state index is 13.7. The zero-order chi connectivity index (χ0) is 20.3. The fraction of sp³-hybridized carbons (Fsp3) is 0.500. The number of nitrogens with one attached hydrogen (secondary N) is 1. The Morgan fingerprint density at radius 1 is 0.964 bits per heavy atom. The lowest BCUT2D eigenvalue weighted by Gasteiger charge is -2.44. The van der Waals surface area contributed by atoms with E-state index in [1.807, 2.05) is 12.1 Å². The molecule has 0 spiro atoms. The van der Waals surface area contributed by atoms with Gasteiger partial charge in [-0.1, -0.05) is 50.7 Å². The summed E-state index contributed by atoms with van der Waals surface area (Å²) in [6.07, 6.45) is 0. The van der Waals surface area contributed by atoms with Gasteiger partial charge in [-0.2, -0.15) is 0 Å². The van der Waals surface area contributed by atoms with Crippen molar-refractivity contribution in [3.63, 3.8) is 0 Å². The molecule has 6 atom stereocenters. The minimum absolute atomic E-state index is 0.0204. The molecule has 0 aromatic heterocycles. The molecule has 0 amide bonds. The first-order valence-corrected chi connectivity index (χ1v) is 13.9. The van der Waals surface area contributed by atoms with Crippen molar-refractivity contribution in [1.82, 2.24) is 4.98 Å². The van der Waals surface area contributed by atoms with Gasteiger partial charge in [0.2, 0.25) is 0 Å². The Labute approximate surface area is 174 Å². The lowest BCUT2D eigenvalue weighted by atomic mass is 9.87. The predicted molar refractivity (Wildman–Crippen MR) is 121 cm³/mol. The van der Waals surface area contributed by atoms with Gasteiger partial charge in [-0.3, -0.25) is 0 Å². The Balaban J connectivity index is 1.81. The van der Waals surface area contributed by atoms with E-state index in [0.717, 1.165) is 0 Å². The minimum atomic E-state index is -2.12. The third-order valence-corrected chi connectivity index (χ3v) is 13.7. The Morgan fingerprint density at radius 2 is 1.61 bits per heavy atom. The molecule has 0 radical (unpaired) electrons. The van der Waals surface area contributed by atoms with E-state index >= 15 is 0 Å². The highest BCUT2D eigenvalue weighted by molar-refractivity contribution is 8.00. The smallest absolute Gasteiger partial charge is 0.159 e. The van der Waals surface area contributed by atoms with Crippen LogP contribution in [0.5, 0.6) is 0 Å². The molecule has 0 bridgehead atoms. The van der Waals surface area contributed by atoms with Crippen molar-refractivity contribution in [3.8, 4) is 0 Å². The van der Waals surface area contributed by atoms with Crippen LogP contribution in [0.3, 0.4) is 0 Å². The van der Waals surface area contributed by atoms with Crippen molar-refractivity contribution in [3.05, 3.63) is 59.9 Å². The Hall–Kier alpha value is -1.10. The van der Waals surface area contributed by atoms with Crippen molar-refractivity contribution >= 4 is 25.2 Å². The monoisotopic (exact) mass is 413 g/mol. The van der Waals surface area contributed by atoms with Gasteiger partial charge in [-0.25, -0.2) is 4.39 Å². The molecule has 1 N–H and O–H groups in total. The molecule has 2 aromatic rings. The van der Waals surface area contributed by atoms with E-state index in [-0.39, 0.29) is 11.4 Å². The van der Waals surface area contributed by atoms with Crippen LogP contribution in [-0.2, 0) is 0 Å². The summed E-state index contributed by atoms with van der Waals surface area (Å²) in [5.74, 6) is 1.76. The highest BCUT2D eigenvalue weighted by Gasteiger charge is 2.59. The number of hydrogen-bond donors (Lipinski definition) is 1. The second-order valence-electron chi connectivity index (χ2n) is 9.97. The fourth-order valence-electron chi connectivity index (χ4n) is 5.87. The van der Waals surface area contributed by atoms with E-state index in [2.05, 4.69) is 82.2 Å². The summed E-state index contributed by atoms with van der Waals surface area (Å²) in [5.41, 5.74) is 2.16. The molecular formula is C24H32FNSSi. The lowest BCUT2D eigenvalue weighted by molar-refractivity contribution is 0.414. The number of rotatable bonds is 3. The Kier molecular flexibility index (Phi) is 5.04. The van der Waals surface area contributed by atoms with Gasteiger partial charge in [0, 0.05) is 21.6 Å². The van der Waals surface area contributed by atoms with Gasteiger partial charge in [0.1, 0.15) is 5.82 Å². The molecule has 1 heterocycles. The average Bonchev–Trinajstić information content (AvgIpc) is 3.09. The van der Waals surface area contributed by atoms with Crippen LogP contribution in [-0.4, -0.2) is 19.0 Å². The van der Waals surface area contributed by atoms with E-state index in [4.69, 9.17) is 0 Å². The molecular weight excluding hydrogens is 381 g/mol. The van der Waals surface area contributed by atoms with Crippen LogP contribution >= 0.6 is 11.8 Å². The van der Waals surface area contributed by atoms with E-state index in [1.165, 1.54) is 10.1 Å². The van der Waals surface area contributed by atoms with E-state index < -0.39 is 8.24 Å². The summed E-state index contributed by atoms with van der Waals surface area (Å²) in [7, 11) is -2.12. The van der Waals surface area contributed by atoms with E-state index in [9.17, 15) is 4.39 Å². The number of fused-ring (bicyclic) bond motifs is 3. The first-order chi connectivity index (χ1) is 13.1. The van der Waals surface area contributed by atoms with Crippen molar-refractivity contribution < 1.29 is 4.39 Å². The quantitative estimate of drug-likeness (QED) is 0.628. The summed E-state index contributed by atoms with van der Waals surface area (Å²) in [6.45, 7) is 14.2. The summed E-state index contributed by atoms with van der Waals surface area (Å²) in [4.78, 5) is 5.57. The van der Waals surface area contributed by atoms with Gasteiger partial charge in [0.15, 0.2) is 8.24 Å². The highest BCUT2D eigenvalue weighted by Crippen LogP contribution is 2.64. The molecule has 4 rings (SSSR count). The van der Waals surface area contributed by atoms with Gasteiger partial charge >= 0.3 is 0 Å². The molecule has 2 aliphatic rings. The van der Waals surface area contributed by atoms with Crippen LogP contribution < -0.4 is 10.2 Å². The van der Waals surface area contributed by atoms with Crippen LogP contribution in [0.4, 0.5) is 4.39 Å². The molecule has 1 aliphatic heterocycles. The van der Waals surface area contributed by atoms with Gasteiger partial charge < -0.3 is 4.98 Å². The molecule has 6 unspecified atom stereocenters. The summed E-state index contributed by atoms with van der Waals surface area (Å²) >= 11 is 2.09. The molecule has 1 aliphatic carbocycles. The van der Waals surface area contributed by atoms with E-state index in [0.29, 0.717) is 28.5 Å². The number of thioether (sulfide) groups is 1. The number of halogens is 1. The standard InChI is InChI=1S/C24H32FNSSi/c1-15-16(2)23(22-21(15)19-9-7-8-10-20(19)27-22)28(6,26-24(3,4)5)18-13-11-17(25)12-14-18/h7-16,21-23,26H,1-6H3. The third-order valence-electron chi connectivity index (χ3n) is 6.96. The molecule has 2 aromatic carbocycles. The van der Waals surface area contributed by atoms with Crippen molar-refractivity contribution in [2.24, 2.45) is 11.8 Å². The predicted octanol–water partition coefficient (Wildman–Crippen LogP) is 5.91. The summed E-state index contributed by atoms with van der Waals surface area (Å²) in [6, 6.07) is 16.4. The zero-order valence-electron chi connectivity index (χ0n) is 17.8. The van der Waals surface area contributed by atoms with Crippen molar-refractivity contribution in [1.29, 1.82) is 0 Å². The molecule has 1 nitrogen and oxygen atoms in total. The first kappa shape index (κ1) is 20.2. The van der Waals surface area contributed by atoms with Gasteiger partial charge in [0.05, 0.1) is 0 Å². The highest BCUT2D eigenvalue weighted by atomic mass is 32.2. The molecule has 150 valence electrons. The topological polar surface area (TPSA) is 12.0 Å². The minimum Gasteiger partial charge on any atom is -0.329 e. The van der Waals surface area contributed by atoms with Gasteiger partial charge in [-0.15, -0.1) is 11.8 Å². The lowest BCUT2D eigenvalue weighted by Crippen LogP contribution is -2.68. The molecule has 4 heteroatoms. The van der Waals surface area contributed by atoms with E-state index in [1.54, 1.807) is 17.7 Å². The summed E-state index contributed by atoms with van der Waals surface area (Å²) < 4.78 is 13.7. The van der Waals surface area contributed by atoms with Crippen molar-refractivity contribution in [2.45, 2.75) is 68.3 Å². The Morgan fingerprint density at radius 3 is 2.25 bits per heavy atom.